The van der Waals surface area contributed by atoms with Crippen molar-refractivity contribution in [2.45, 2.75) is 25.3 Å². The summed E-state index contributed by atoms with van der Waals surface area (Å²) in [7, 11) is 4.74. The van der Waals surface area contributed by atoms with Gasteiger partial charge in [0.25, 0.3) is 5.91 Å². The van der Waals surface area contributed by atoms with Gasteiger partial charge in [-0.15, -0.1) is 0 Å². The van der Waals surface area contributed by atoms with E-state index in [-0.39, 0.29) is 23.3 Å². The third-order valence-electron chi connectivity index (χ3n) is 4.67. The van der Waals surface area contributed by atoms with Crippen molar-refractivity contribution in [1.82, 2.24) is 14.7 Å². The third-order valence-corrected chi connectivity index (χ3v) is 4.67. The van der Waals surface area contributed by atoms with Gasteiger partial charge in [-0.05, 0) is 31.4 Å². The lowest BCUT2D eigenvalue weighted by molar-refractivity contribution is 0.0596. The predicted octanol–water partition coefficient (Wildman–Crippen LogP) is 2.94. The Morgan fingerprint density at radius 2 is 1.96 bits per heavy atom. The molecule has 2 aromatic rings. The number of rotatable bonds is 4. The van der Waals surface area contributed by atoms with Crippen LogP contribution in [0.5, 0.6) is 11.5 Å². The van der Waals surface area contributed by atoms with Gasteiger partial charge in [-0.1, -0.05) is 0 Å². The van der Waals surface area contributed by atoms with Crippen molar-refractivity contribution >= 4 is 5.91 Å². The molecule has 0 spiro atoms. The fraction of sp³-hybridized carbons (Fsp3) is 0.444. The van der Waals surface area contributed by atoms with Crippen molar-refractivity contribution in [3.05, 3.63) is 41.5 Å². The Morgan fingerprint density at radius 1 is 1.24 bits per heavy atom. The summed E-state index contributed by atoms with van der Waals surface area (Å²) >= 11 is 0. The van der Waals surface area contributed by atoms with Crippen LogP contribution in [0.2, 0.25) is 0 Å². The zero-order valence-electron chi connectivity index (χ0n) is 14.7. The highest BCUT2D eigenvalue weighted by Crippen LogP contribution is 2.35. The molecule has 25 heavy (non-hydrogen) atoms. The molecular formula is C18H22FN3O3. The summed E-state index contributed by atoms with van der Waals surface area (Å²) in [4.78, 5) is 14.8. The van der Waals surface area contributed by atoms with E-state index >= 15 is 0 Å². The normalized spacial score (nSPS) is 17.4. The van der Waals surface area contributed by atoms with Crippen molar-refractivity contribution in [2.75, 3.05) is 20.8 Å². The minimum absolute atomic E-state index is 0.00767. The Labute approximate surface area is 146 Å². The average molecular weight is 347 g/mol. The first-order valence-corrected chi connectivity index (χ1v) is 8.27. The second kappa shape index (κ2) is 7.13. The smallest absolute Gasteiger partial charge is 0.257 e. The molecule has 1 aromatic heterocycles. The number of benzene rings is 1. The number of hydrogen-bond donors (Lipinski definition) is 0. The van der Waals surface area contributed by atoms with Crippen LogP contribution in [0.25, 0.3) is 0 Å². The van der Waals surface area contributed by atoms with Crippen LogP contribution in [-0.2, 0) is 7.05 Å². The number of likely N-dealkylation sites (tertiary alicyclic amines) is 1. The van der Waals surface area contributed by atoms with E-state index in [1.165, 1.54) is 26.4 Å². The highest BCUT2D eigenvalue weighted by atomic mass is 19.1. The van der Waals surface area contributed by atoms with E-state index in [1.807, 2.05) is 13.1 Å². The summed E-state index contributed by atoms with van der Waals surface area (Å²) in [5.41, 5.74) is 0.945. The molecule has 0 aliphatic carbocycles. The fourth-order valence-corrected chi connectivity index (χ4v) is 3.37. The molecule has 134 valence electrons. The zero-order chi connectivity index (χ0) is 18.0. The van der Waals surface area contributed by atoms with Crippen LogP contribution < -0.4 is 9.47 Å². The van der Waals surface area contributed by atoms with Crippen molar-refractivity contribution in [3.63, 3.8) is 0 Å². The summed E-state index contributed by atoms with van der Waals surface area (Å²) < 4.78 is 26.6. The van der Waals surface area contributed by atoms with Gasteiger partial charge < -0.3 is 14.4 Å². The standard InChI is InChI=1S/C18H22FN3O3/c1-21-14(7-8-20-21)15-6-4-5-9-22(15)18(23)12-10-16(24-2)17(25-3)11-13(12)19/h7-8,10-11,15H,4-6,9H2,1-3H3. The lowest BCUT2D eigenvalue weighted by atomic mass is 9.98. The number of ether oxygens (including phenoxy) is 2. The average Bonchev–Trinajstić information content (AvgIpc) is 3.06. The molecule has 0 saturated carbocycles. The maximum absolute atomic E-state index is 14.5. The summed E-state index contributed by atoms with van der Waals surface area (Å²) in [5.74, 6) is -0.360. The molecule has 6 nitrogen and oxygen atoms in total. The Bertz CT molecular complexity index is 775. The van der Waals surface area contributed by atoms with E-state index in [9.17, 15) is 9.18 Å². The number of piperidine rings is 1. The monoisotopic (exact) mass is 347 g/mol. The fourth-order valence-electron chi connectivity index (χ4n) is 3.37. The number of methoxy groups -OCH3 is 2. The van der Waals surface area contributed by atoms with Gasteiger partial charge in [0.15, 0.2) is 11.5 Å². The molecular weight excluding hydrogens is 325 g/mol. The first-order chi connectivity index (χ1) is 12.1. The van der Waals surface area contributed by atoms with Crippen LogP contribution in [-0.4, -0.2) is 41.4 Å². The molecule has 0 N–H and O–H groups in total. The highest BCUT2D eigenvalue weighted by molar-refractivity contribution is 5.95. The largest absolute Gasteiger partial charge is 0.493 e. The molecule has 3 rings (SSSR count). The minimum Gasteiger partial charge on any atom is -0.493 e. The molecule has 1 aromatic carbocycles. The van der Waals surface area contributed by atoms with Crippen LogP contribution in [0.15, 0.2) is 24.4 Å². The van der Waals surface area contributed by atoms with E-state index in [0.717, 1.165) is 25.0 Å². The molecule has 2 heterocycles. The number of amides is 1. The molecule has 1 saturated heterocycles. The van der Waals surface area contributed by atoms with Gasteiger partial charge in [0.1, 0.15) is 5.82 Å². The van der Waals surface area contributed by atoms with Crippen molar-refractivity contribution in [1.29, 1.82) is 0 Å². The second-order valence-corrected chi connectivity index (χ2v) is 6.08. The van der Waals surface area contributed by atoms with Gasteiger partial charge in [-0.3, -0.25) is 9.48 Å². The Hall–Kier alpha value is -2.57. The molecule has 1 amide bonds. The van der Waals surface area contributed by atoms with Gasteiger partial charge in [0.2, 0.25) is 0 Å². The number of carbonyl (C=O) groups is 1. The zero-order valence-corrected chi connectivity index (χ0v) is 14.7. The molecule has 7 heteroatoms. The lowest BCUT2D eigenvalue weighted by Gasteiger charge is -2.36. The summed E-state index contributed by atoms with van der Waals surface area (Å²) in [5, 5.41) is 4.19. The maximum Gasteiger partial charge on any atom is 0.257 e. The van der Waals surface area contributed by atoms with Crippen LogP contribution in [0, 0.1) is 5.82 Å². The number of aryl methyl sites for hydroxylation is 1. The van der Waals surface area contributed by atoms with Crippen molar-refractivity contribution in [2.24, 2.45) is 7.05 Å². The first-order valence-electron chi connectivity index (χ1n) is 8.27. The number of halogens is 1. The van der Waals surface area contributed by atoms with Gasteiger partial charge in [-0.2, -0.15) is 5.10 Å². The number of carbonyl (C=O) groups excluding carboxylic acids is 1. The van der Waals surface area contributed by atoms with Gasteiger partial charge in [-0.25, -0.2) is 4.39 Å². The number of nitrogens with zero attached hydrogens (tertiary/aromatic N) is 3. The first kappa shape index (κ1) is 17.3. The lowest BCUT2D eigenvalue weighted by Crippen LogP contribution is -2.39. The van der Waals surface area contributed by atoms with Gasteiger partial charge >= 0.3 is 0 Å². The maximum atomic E-state index is 14.5. The Morgan fingerprint density at radius 3 is 2.60 bits per heavy atom. The minimum atomic E-state index is -0.614. The molecule has 1 unspecified atom stereocenters. The van der Waals surface area contributed by atoms with Crippen LogP contribution in [0.3, 0.4) is 0 Å². The van der Waals surface area contributed by atoms with Crippen LogP contribution >= 0.6 is 0 Å². The van der Waals surface area contributed by atoms with E-state index in [1.54, 1.807) is 15.8 Å². The number of hydrogen-bond acceptors (Lipinski definition) is 4. The van der Waals surface area contributed by atoms with Gasteiger partial charge in [0.05, 0.1) is 31.5 Å². The quantitative estimate of drug-likeness (QED) is 0.853. The summed E-state index contributed by atoms with van der Waals surface area (Å²) in [6.45, 7) is 0.586. The summed E-state index contributed by atoms with van der Waals surface area (Å²) in [6, 6.07) is 4.39. The van der Waals surface area contributed by atoms with E-state index in [0.29, 0.717) is 12.3 Å². The van der Waals surface area contributed by atoms with E-state index in [4.69, 9.17) is 9.47 Å². The Kier molecular flexibility index (Phi) is 4.92. The van der Waals surface area contributed by atoms with Crippen molar-refractivity contribution in [3.8, 4) is 11.5 Å². The van der Waals surface area contributed by atoms with Crippen LogP contribution in [0.1, 0.15) is 41.4 Å². The van der Waals surface area contributed by atoms with Gasteiger partial charge in [0, 0.05) is 25.9 Å². The molecule has 1 fully saturated rings. The van der Waals surface area contributed by atoms with E-state index in [2.05, 4.69) is 5.10 Å². The topological polar surface area (TPSA) is 56.6 Å². The molecule has 0 radical (unpaired) electrons. The molecule has 1 atom stereocenters. The predicted molar refractivity (Wildman–Crippen MR) is 90.3 cm³/mol. The third kappa shape index (κ3) is 3.18. The van der Waals surface area contributed by atoms with Crippen molar-refractivity contribution < 1.29 is 18.7 Å². The second-order valence-electron chi connectivity index (χ2n) is 6.08. The summed E-state index contributed by atoms with van der Waals surface area (Å²) in [6.07, 6.45) is 4.47. The Balaban J connectivity index is 1.97. The molecule has 1 aliphatic rings. The number of aromatic nitrogens is 2. The highest BCUT2D eigenvalue weighted by Gasteiger charge is 2.32. The van der Waals surface area contributed by atoms with Crippen LogP contribution in [0.4, 0.5) is 4.39 Å². The van der Waals surface area contributed by atoms with E-state index < -0.39 is 5.82 Å². The SMILES string of the molecule is COc1cc(F)c(C(=O)N2CCCCC2c2ccnn2C)cc1OC. The molecule has 0 bridgehead atoms. The molecule has 1 aliphatic heterocycles.